The second-order valence-corrected chi connectivity index (χ2v) is 6.25. The normalized spacial score (nSPS) is 22.1. The van der Waals surface area contributed by atoms with Crippen molar-refractivity contribution in [3.8, 4) is 0 Å². The fraction of sp³-hybridized carbons (Fsp3) is 0.467. The number of benzene rings is 1. The summed E-state index contributed by atoms with van der Waals surface area (Å²) in [6.45, 7) is 6.29. The minimum atomic E-state index is -0.429. The minimum Gasteiger partial charge on any atom is -0.348 e. The highest BCUT2D eigenvalue weighted by atomic mass is 32.1. The average molecular weight is 277 g/mol. The molecule has 1 unspecified atom stereocenters. The van der Waals surface area contributed by atoms with E-state index in [1.54, 1.807) is 11.3 Å². The van der Waals surface area contributed by atoms with Gasteiger partial charge < -0.3 is 14.8 Å². The maximum absolute atomic E-state index is 5.77. The van der Waals surface area contributed by atoms with Gasteiger partial charge in [-0.1, -0.05) is 18.2 Å². The first kappa shape index (κ1) is 13.1. The third kappa shape index (κ3) is 2.98. The lowest BCUT2D eigenvalue weighted by Crippen LogP contribution is -2.30. The Balaban J connectivity index is 1.55. The maximum atomic E-state index is 5.77. The van der Waals surface area contributed by atoms with E-state index in [-0.39, 0.29) is 6.10 Å². The molecule has 0 aliphatic carbocycles. The molecule has 0 bridgehead atoms. The lowest BCUT2D eigenvalue weighted by molar-refractivity contribution is -0.137. The third-order valence-corrected chi connectivity index (χ3v) is 4.33. The Kier molecular flexibility index (Phi) is 3.58. The molecular weight excluding hydrogens is 258 g/mol. The van der Waals surface area contributed by atoms with E-state index in [0.717, 1.165) is 13.1 Å². The topological polar surface area (TPSA) is 30.5 Å². The van der Waals surface area contributed by atoms with Gasteiger partial charge in [0.25, 0.3) is 0 Å². The first-order valence-corrected chi connectivity index (χ1v) is 7.50. The Labute approximate surface area is 117 Å². The van der Waals surface area contributed by atoms with Gasteiger partial charge in [0.05, 0.1) is 12.7 Å². The molecule has 1 aromatic carbocycles. The van der Waals surface area contributed by atoms with Crippen LogP contribution in [0.15, 0.2) is 29.6 Å². The number of nitrogens with one attached hydrogen (secondary N) is 1. The van der Waals surface area contributed by atoms with Crippen molar-refractivity contribution in [2.24, 2.45) is 0 Å². The van der Waals surface area contributed by atoms with E-state index in [2.05, 4.69) is 35.0 Å². The molecule has 1 saturated heterocycles. The van der Waals surface area contributed by atoms with E-state index in [9.17, 15) is 0 Å². The fourth-order valence-electron chi connectivity index (χ4n) is 2.40. The van der Waals surface area contributed by atoms with Gasteiger partial charge in [-0.3, -0.25) is 0 Å². The molecule has 3 nitrogen and oxygen atoms in total. The molecule has 0 radical (unpaired) electrons. The highest BCUT2D eigenvalue weighted by Gasteiger charge is 2.32. The van der Waals surface area contributed by atoms with Gasteiger partial charge in [-0.05, 0) is 36.2 Å². The molecule has 3 rings (SSSR count). The molecule has 19 heavy (non-hydrogen) atoms. The van der Waals surface area contributed by atoms with Gasteiger partial charge in [-0.2, -0.15) is 0 Å². The molecule has 1 fully saturated rings. The summed E-state index contributed by atoms with van der Waals surface area (Å²) < 4.78 is 12.7. The van der Waals surface area contributed by atoms with Crippen LogP contribution in [0, 0.1) is 0 Å². The van der Waals surface area contributed by atoms with E-state index >= 15 is 0 Å². The summed E-state index contributed by atoms with van der Waals surface area (Å²) in [4.78, 5) is 0. The first-order chi connectivity index (χ1) is 9.14. The monoisotopic (exact) mass is 277 g/mol. The molecule has 1 atom stereocenters. The van der Waals surface area contributed by atoms with Gasteiger partial charge in [-0.15, -0.1) is 11.3 Å². The Bertz CT molecular complexity index is 564. The molecule has 4 heteroatoms. The zero-order valence-corrected chi connectivity index (χ0v) is 12.1. The van der Waals surface area contributed by atoms with Crippen LogP contribution in [0.25, 0.3) is 10.1 Å². The Morgan fingerprint density at radius 1 is 1.37 bits per heavy atom. The van der Waals surface area contributed by atoms with Crippen molar-refractivity contribution in [3.63, 3.8) is 0 Å². The number of ether oxygens (including phenoxy) is 2. The van der Waals surface area contributed by atoms with E-state index in [4.69, 9.17) is 9.47 Å². The quantitative estimate of drug-likeness (QED) is 0.931. The molecule has 1 aliphatic rings. The second kappa shape index (κ2) is 5.21. The molecule has 0 amide bonds. The van der Waals surface area contributed by atoms with Crippen LogP contribution in [-0.2, 0) is 16.0 Å². The van der Waals surface area contributed by atoms with Crippen LogP contribution in [0.3, 0.4) is 0 Å². The van der Waals surface area contributed by atoms with Crippen molar-refractivity contribution in [1.29, 1.82) is 0 Å². The molecule has 102 valence electrons. The number of rotatable bonds is 4. The second-order valence-electron chi connectivity index (χ2n) is 5.34. The molecular formula is C15H19NO2S. The number of hydrogen-bond acceptors (Lipinski definition) is 4. The molecule has 0 saturated carbocycles. The van der Waals surface area contributed by atoms with E-state index in [1.165, 1.54) is 15.6 Å². The summed E-state index contributed by atoms with van der Waals surface area (Å²) in [5, 5.41) is 7.04. The standard InChI is InChI=1S/C15H19NO2S/c1-15(2)17-9-12(18-15)8-16-7-11-10-19-14-6-4-3-5-13(11)14/h3-6,10,12,16H,7-9H2,1-2H3. The van der Waals surface area contributed by atoms with Gasteiger partial charge in [0, 0.05) is 17.8 Å². The summed E-state index contributed by atoms with van der Waals surface area (Å²) in [6, 6.07) is 8.53. The van der Waals surface area contributed by atoms with Crippen LogP contribution >= 0.6 is 11.3 Å². The van der Waals surface area contributed by atoms with Gasteiger partial charge in [0.15, 0.2) is 5.79 Å². The number of thiophene rings is 1. The fourth-order valence-corrected chi connectivity index (χ4v) is 3.36. The molecule has 2 aromatic rings. The van der Waals surface area contributed by atoms with Crippen molar-refractivity contribution >= 4 is 21.4 Å². The predicted octanol–water partition coefficient (Wildman–Crippen LogP) is 3.14. The van der Waals surface area contributed by atoms with Crippen molar-refractivity contribution in [2.75, 3.05) is 13.2 Å². The maximum Gasteiger partial charge on any atom is 0.163 e. The van der Waals surface area contributed by atoms with Gasteiger partial charge >= 0.3 is 0 Å². The summed E-state index contributed by atoms with van der Waals surface area (Å²) in [5.41, 5.74) is 1.36. The van der Waals surface area contributed by atoms with Gasteiger partial charge in [0.1, 0.15) is 0 Å². The lowest BCUT2D eigenvalue weighted by atomic mass is 10.2. The van der Waals surface area contributed by atoms with Crippen molar-refractivity contribution in [2.45, 2.75) is 32.3 Å². The van der Waals surface area contributed by atoms with Crippen molar-refractivity contribution in [3.05, 3.63) is 35.2 Å². The Morgan fingerprint density at radius 3 is 3.00 bits per heavy atom. The zero-order chi connectivity index (χ0) is 13.3. The molecule has 2 heterocycles. The Hall–Kier alpha value is -0.940. The summed E-state index contributed by atoms with van der Waals surface area (Å²) in [7, 11) is 0. The molecule has 1 N–H and O–H groups in total. The van der Waals surface area contributed by atoms with Crippen LogP contribution in [0.4, 0.5) is 0 Å². The van der Waals surface area contributed by atoms with E-state index < -0.39 is 5.79 Å². The van der Waals surface area contributed by atoms with Crippen LogP contribution in [-0.4, -0.2) is 25.0 Å². The van der Waals surface area contributed by atoms with Crippen LogP contribution in [0.5, 0.6) is 0 Å². The minimum absolute atomic E-state index is 0.153. The van der Waals surface area contributed by atoms with E-state index in [0.29, 0.717) is 6.61 Å². The molecule has 0 spiro atoms. The van der Waals surface area contributed by atoms with Gasteiger partial charge in [-0.25, -0.2) is 0 Å². The summed E-state index contributed by atoms with van der Waals surface area (Å²) in [5.74, 6) is -0.429. The zero-order valence-electron chi connectivity index (χ0n) is 11.3. The van der Waals surface area contributed by atoms with Crippen LogP contribution in [0.2, 0.25) is 0 Å². The van der Waals surface area contributed by atoms with Gasteiger partial charge in [0.2, 0.25) is 0 Å². The van der Waals surface area contributed by atoms with E-state index in [1.807, 2.05) is 13.8 Å². The summed E-state index contributed by atoms with van der Waals surface area (Å²) >= 11 is 1.80. The van der Waals surface area contributed by atoms with Crippen LogP contribution in [0.1, 0.15) is 19.4 Å². The number of hydrogen-bond donors (Lipinski definition) is 1. The SMILES string of the molecule is CC1(C)OCC(CNCc2csc3ccccc23)O1. The van der Waals surface area contributed by atoms with Crippen molar-refractivity contribution < 1.29 is 9.47 Å². The Morgan fingerprint density at radius 2 is 2.21 bits per heavy atom. The largest absolute Gasteiger partial charge is 0.348 e. The van der Waals surface area contributed by atoms with Crippen molar-refractivity contribution in [1.82, 2.24) is 5.32 Å². The predicted molar refractivity (Wildman–Crippen MR) is 78.4 cm³/mol. The molecule has 1 aromatic heterocycles. The third-order valence-electron chi connectivity index (χ3n) is 3.32. The van der Waals surface area contributed by atoms with Crippen LogP contribution < -0.4 is 5.32 Å². The molecule has 1 aliphatic heterocycles. The lowest BCUT2D eigenvalue weighted by Gasteiger charge is -2.17. The first-order valence-electron chi connectivity index (χ1n) is 6.62. The highest BCUT2D eigenvalue weighted by Crippen LogP contribution is 2.26. The average Bonchev–Trinajstić information content (AvgIpc) is 2.94. The highest BCUT2D eigenvalue weighted by molar-refractivity contribution is 7.17. The number of fused-ring (bicyclic) bond motifs is 1. The smallest absolute Gasteiger partial charge is 0.163 e. The summed E-state index contributed by atoms with van der Waals surface area (Å²) in [6.07, 6.45) is 0.153.